The molecule has 5 aliphatic carbocycles. The molecule has 0 bridgehead atoms. The number of carbonyl (C=O) groups is 2. The number of allylic oxidation sites excluding steroid dienone is 1. The van der Waals surface area contributed by atoms with E-state index < -0.39 is 22.8 Å². The van der Waals surface area contributed by atoms with E-state index in [1.807, 2.05) is 6.92 Å². The van der Waals surface area contributed by atoms with E-state index in [1.54, 1.807) is 0 Å². The molecule has 5 heteroatoms. The van der Waals surface area contributed by atoms with Crippen LogP contribution in [-0.2, 0) is 9.59 Å². The summed E-state index contributed by atoms with van der Waals surface area (Å²) in [6, 6.07) is 0. The highest BCUT2D eigenvalue weighted by Gasteiger charge is 2.75. The molecule has 0 aromatic heterocycles. The number of hydrogen-bond acceptors (Lipinski definition) is 3. The maximum Gasteiger partial charge on any atom is 0.310 e. The molecule has 0 spiro atoms. The molecule has 196 valence electrons. The predicted molar refractivity (Wildman–Crippen MR) is 135 cm³/mol. The molecule has 10 atom stereocenters. The van der Waals surface area contributed by atoms with Crippen LogP contribution in [0.15, 0.2) is 12.2 Å². The van der Waals surface area contributed by atoms with Crippen molar-refractivity contribution >= 4 is 11.9 Å². The monoisotopic (exact) mass is 486 g/mol. The van der Waals surface area contributed by atoms with Crippen LogP contribution in [0.25, 0.3) is 0 Å². The van der Waals surface area contributed by atoms with Crippen molar-refractivity contribution in [3.05, 3.63) is 12.2 Å². The topological polar surface area (TPSA) is 94.8 Å². The van der Waals surface area contributed by atoms with E-state index in [2.05, 4.69) is 34.3 Å². The fraction of sp³-hybridized carbons (Fsp3) is 0.867. The first kappa shape index (κ1) is 25.3. The van der Waals surface area contributed by atoms with Gasteiger partial charge < -0.3 is 15.3 Å². The Morgan fingerprint density at radius 1 is 0.800 bits per heavy atom. The van der Waals surface area contributed by atoms with Gasteiger partial charge in [0.25, 0.3) is 0 Å². The molecule has 5 aliphatic rings. The van der Waals surface area contributed by atoms with Gasteiger partial charge in [0, 0.05) is 0 Å². The second-order valence-electron chi connectivity index (χ2n) is 14.4. The van der Waals surface area contributed by atoms with Crippen LogP contribution in [0, 0.1) is 56.7 Å². The number of aliphatic hydroxyl groups is 1. The molecule has 35 heavy (non-hydrogen) atoms. The van der Waals surface area contributed by atoms with Crippen molar-refractivity contribution < 1.29 is 24.9 Å². The zero-order chi connectivity index (χ0) is 25.8. The first-order chi connectivity index (χ1) is 16.2. The van der Waals surface area contributed by atoms with E-state index in [0.29, 0.717) is 25.2 Å². The van der Waals surface area contributed by atoms with Gasteiger partial charge in [-0.3, -0.25) is 9.59 Å². The summed E-state index contributed by atoms with van der Waals surface area (Å²) >= 11 is 0. The van der Waals surface area contributed by atoms with Gasteiger partial charge in [0.2, 0.25) is 0 Å². The lowest BCUT2D eigenvalue weighted by Gasteiger charge is -2.71. The number of rotatable bonds is 3. The summed E-state index contributed by atoms with van der Waals surface area (Å²) in [6.07, 6.45) is 7.34. The number of aliphatic hydroxyl groups excluding tert-OH is 1. The molecule has 0 aliphatic heterocycles. The van der Waals surface area contributed by atoms with Crippen LogP contribution in [0.5, 0.6) is 0 Å². The lowest BCUT2D eigenvalue weighted by atomic mass is 9.32. The quantitative estimate of drug-likeness (QED) is 0.416. The molecule has 5 rings (SSSR count). The summed E-state index contributed by atoms with van der Waals surface area (Å²) in [5, 5.41) is 32.5. The van der Waals surface area contributed by atoms with Crippen molar-refractivity contribution in [1.29, 1.82) is 0 Å². The van der Waals surface area contributed by atoms with Crippen LogP contribution in [0.3, 0.4) is 0 Å². The summed E-state index contributed by atoms with van der Waals surface area (Å²) in [7, 11) is 0. The van der Waals surface area contributed by atoms with Gasteiger partial charge in [0.15, 0.2) is 0 Å². The smallest absolute Gasteiger partial charge is 0.310 e. The molecule has 0 amide bonds. The minimum absolute atomic E-state index is 0.00604. The highest BCUT2D eigenvalue weighted by atomic mass is 16.4. The van der Waals surface area contributed by atoms with Gasteiger partial charge in [0.1, 0.15) is 0 Å². The summed E-state index contributed by atoms with van der Waals surface area (Å²) in [5.41, 5.74) is -1.25. The van der Waals surface area contributed by atoms with Crippen LogP contribution in [0.2, 0.25) is 0 Å². The molecule has 0 aromatic carbocycles. The lowest BCUT2D eigenvalue weighted by Crippen LogP contribution is -2.69. The number of fused-ring (bicyclic) bond motifs is 7. The number of carboxylic acid groups (broad SMARTS) is 2. The van der Waals surface area contributed by atoms with Crippen LogP contribution >= 0.6 is 0 Å². The molecular formula is C30H46O5. The Hall–Kier alpha value is -1.36. The molecule has 0 aromatic rings. The van der Waals surface area contributed by atoms with Gasteiger partial charge in [-0.15, -0.1) is 0 Å². The Kier molecular flexibility index (Phi) is 5.48. The molecular weight excluding hydrogens is 440 g/mol. The van der Waals surface area contributed by atoms with E-state index in [9.17, 15) is 24.9 Å². The Morgan fingerprint density at radius 2 is 1.49 bits per heavy atom. The van der Waals surface area contributed by atoms with Gasteiger partial charge in [-0.2, -0.15) is 0 Å². The highest BCUT2D eigenvalue weighted by Crippen LogP contribution is 2.77. The van der Waals surface area contributed by atoms with Gasteiger partial charge in [-0.1, -0.05) is 39.8 Å². The van der Waals surface area contributed by atoms with Crippen molar-refractivity contribution in [2.45, 2.75) is 105 Å². The van der Waals surface area contributed by atoms with Gasteiger partial charge in [-0.05, 0) is 117 Å². The van der Waals surface area contributed by atoms with Crippen LogP contribution in [0.1, 0.15) is 98.8 Å². The fourth-order valence-electron chi connectivity index (χ4n) is 11.6. The number of aliphatic carboxylic acids is 2. The first-order valence-corrected chi connectivity index (χ1v) is 14.0. The maximum absolute atomic E-state index is 13.5. The van der Waals surface area contributed by atoms with Gasteiger partial charge in [0.05, 0.1) is 16.9 Å². The Labute approximate surface area is 210 Å². The van der Waals surface area contributed by atoms with Crippen molar-refractivity contribution in [1.82, 2.24) is 0 Å². The van der Waals surface area contributed by atoms with Crippen LogP contribution in [0.4, 0.5) is 0 Å². The van der Waals surface area contributed by atoms with Crippen molar-refractivity contribution in [3.8, 4) is 0 Å². The van der Waals surface area contributed by atoms with E-state index in [1.165, 1.54) is 0 Å². The molecule has 5 saturated carbocycles. The largest absolute Gasteiger partial charge is 0.481 e. The zero-order valence-electron chi connectivity index (χ0n) is 22.4. The second-order valence-corrected chi connectivity index (χ2v) is 14.4. The third-order valence-corrected chi connectivity index (χ3v) is 13.3. The predicted octanol–water partition coefficient (Wildman–Crippen LogP) is 6.15. The molecule has 0 heterocycles. The SMILES string of the molecule is C=C(C)[C@@H]1CC[C@]2(C(=O)O)CC[C@]3(C(=O)O)[C@H](CC[C@@H]4[C@@]5(C)CC[C@H](O)C(C)(C)[C@@H]5CC[C@]43C)[C@H]12. The molecule has 3 N–H and O–H groups in total. The average molecular weight is 487 g/mol. The van der Waals surface area contributed by atoms with Crippen LogP contribution < -0.4 is 0 Å². The summed E-state index contributed by atoms with van der Waals surface area (Å²) < 4.78 is 0. The van der Waals surface area contributed by atoms with E-state index in [-0.39, 0.29) is 46.0 Å². The average Bonchev–Trinajstić information content (AvgIpc) is 3.18. The van der Waals surface area contributed by atoms with E-state index in [4.69, 9.17) is 0 Å². The highest BCUT2D eigenvalue weighted by molar-refractivity contribution is 5.80. The second kappa shape index (κ2) is 7.58. The normalized spacial score (nSPS) is 52.4. The molecule has 0 saturated heterocycles. The Morgan fingerprint density at radius 3 is 2.09 bits per heavy atom. The lowest BCUT2D eigenvalue weighted by molar-refractivity contribution is -0.254. The first-order valence-electron chi connectivity index (χ1n) is 14.0. The standard InChI is InChI=1S/C30H46O5/c1-17(2)18-9-14-29(24(32)33)15-16-30(25(34)35)19(23(18)29)7-8-21-27(5)12-11-22(31)26(3,4)20(27)10-13-28(21,30)6/h18-23,31H,1,7-16H2,2-6H3,(H,32,33)(H,34,35)/t18-,19+,20-,21+,22-,23-,27-,28+,29-,30+/m0/s1. The Bertz CT molecular complexity index is 954. The van der Waals surface area contributed by atoms with Crippen molar-refractivity contribution in [2.24, 2.45) is 56.7 Å². The van der Waals surface area contributed by atoms with Gasteiger partial charge >= 0.3 is 11.9 Å². The van der Waals surface area contributed by atoms with E-state index >= 15 is 0 Å². The third kappa shape index (κ3) is 2.85. The Balaban J connectivity index is 1.64. The number of carboxylic acids is 2. The minimum atomic E-state index is -0.897. The van der Waals surface area contributed by atoms with Gasteiger partial charge in [-0.25, -0.2) is 0 Å². The summed E-state index contributed by atoms with van der Waals surface area (Å²) in [5.74, 6) is -0.959. The van der Waals surface area contributed by atoms with Crippen LogP contribution in [-0.4, -0.2) is 33.4 Å². The summed E-state index contributed by atoms with van der Waals surface area (Å²) in [4.78, 5) is 26.3. The number of hydrogen-bond donors (Lipinski definition) is 3. The minimum Gasteiger partial charge on any atom is -0.481 e. The molecule has 0 radical (unpaired) electrons. The molecule has 5 fully saturated rings. The van der Waals surface area contributed by atoms with E-state index in [0.717, 1.165) is 50.5 Å². The maximum atomic E-state index is 13.5. The van der Waals surface area contributed by atoms with Crippen molar-refractivity contribution in [3.63, 3.8) is 0 Å². The molecule has 0 unspecified atom stereocenters. The zero-order valence-corrected chi connectivity index (χ0v) is 22.4. The molecule has 5 nitrogen and oxygen atoms in total. The summed E-state index contributed by atoms with van der Waals surface area (Å²) in [6.45, 7) is 15.3. The van der Waals surface area contributed by atoms with Crippen molar-refractivity contribution in [2.75, 3.05) is 0 Å². The third-order valence-electron chi connectivity index (χ3n) is 13.3. The fourth-order valence-corrected chi connectivity index (χ4v) is 11.6.